The van der Waals surface area contributed by atoms with E-state index in [1.165, 1.54) is 38.4 Å². The maximum atomic E-state index is 12.3. The van der Waals surface area contributed by atoms with E-state index in [0.29, 0.717) is 6.61 Å². The molecule has 1 aromatic rings. The first kappa shape index (κ1) is 24.5. The summed E-state index contributed by atoms with van der Waals surface area (Å²) in [5.74, 6) is -1.37. The van der Waals surface area contributed by atoms with Gasteiger partial charge in [-0.05, 0) is 19.1 Å². The van der Waals surface area contributed by atoms with Crippen molar-refractivity contribution < 1.29 is 23.9 Å². The van der Waals surface area contributed by atoms with Gasteiger partial charge in [0.05, 0.1) is 48.4 Å². The average Bonchev–Trinajstić information content (AvgIpc) is 2.74. The third-order valence-corrected chi connectivity index (χ3v) is 3.49. The topological polar surface area (TPSA) is 153 Å². The number of nitrogens with zero attached hydrogens (tertiary/aromatic N) is 2. The lowest BCUT2D eigenvalue weighted by Gasteiger charge is -2.16. The van der Waals surface area contributed by atoms with Gasteiger partial charge in [0.2, 0.25) is 5.91 Å². The molecule has 0 bridgehead atoms. The highest BCUT2D eigenvalue weighted by atomic mass is 16.5. The number of amides is 2. The van der Waals surface area contributed by atoms with Crippen molar-refractivity contribution in [3.05, 3.63) is 53.9 Å². The van der Waals surface area contributed by atoms with E-state index >= 15 is 0 Å². The van der Waals surface area contributed by atoms with Gasteiger partial charge in [0, 0.05) is 37.5 Å². The van der Waals surface area contributed by atoms with E-state index in [0.717, 1.165) is 18.4 Å². The van der Waals surface area contributed by atoms with Crippen molar-refractivity contribution in [2.24, 2.45) is 0 Å². The molecule has 3 N–H and O–H groups in total. The van der Waals surface area contributed by atoms with Gasteiger partial charge >= 0.3 is 5.97 Å². The minimum atomic E-state index is -0.693. The molecule has 160 valence electrons. The largest absolute Gasteiger partial charge is 0.492 e. The summed E-state index contributed by atoms with van der Waals surface area (Å²) < 4.78 is 10.3. The Morgan fingerprint density at radius 1 is 1.13 bits per heavy atom. The lowest BCUT2D eigenvalue weighted by molar-refractivity contribution is -0.116. The van der Waals surface area contributed by atoms with Gasteiger partial charge in [-0.2, -0.15) is 10.5 Å². The highest BCUT2D eigenvalue weighted by molar-refractivity contribution is 6.01. The Balaban J connectivity index is 3.44. The molecule has 0 aliphatic heterocycles. The molecule has 0 unspecified atom stereocenters. The number of nitrogens with one attached hydrogen (secondary N) is 3. The average molecular weight is 423 g/mol. The van der Waals surface area contributed by atoms with Crippen LogP contribution in [0.2, 0.25) is 0 Å². The number of rotatable bonds is 9. The fourth-order valence-electron chi connectivity index (χ4n) is 2.25. The van der Waals surface area contributed by atoms with Crippen molar-refractivity contribution in [2.45, 2.75) is 13.8 Å². The normalized spacial score (nSPS) is 10.8. The van der Waals surface area contributed by atoms with Crippen LogP contribution in [0.15, 0.2) is 48.3 Å². The molecule has 1 rings (SSSR count). The van der Waals surface area contributed by atoms with Crippen molar-refractivity contribution >= 4 is 29.2 Å². The Hall–Kier alpha value is -4.57. The number of hydrogen-bond acceptors (Lipinski definition) is 8. The predicted octanol–water partition coefficient (Wildman–Crippen LogP) is 2.36. The molecule has 0 heterocycles. The molecular formula is C21H21N5O5. The molecule has 10 heteroatoms. The number of esters is 1. The van der Waals surface area contributed by atoms with Crippen molar-refractivity contribution in [3.63, 3.8) is 0 Å². The van der Waals surface area contributed by atoms with Gasteiger partial charge in [-0.3, -0.25) is 9.59 Å². The number of hydrogen-bond donors (Lipinski definition) is 3. The minimum absolute atomic E-state index is 0.0313. The van der Waals surface area contributed by atoms with Crippen molar-refractivity contribution in [2.75, 3.05) is 24.4 Å². The van der Waals surface area contributed by atoms with Gasteiger partial charge < -0.3 is 25.4 Å². The number of nitriles is 2. The van der Waals surface area contributed by atoms with Crippen LogP contribution in [0, 0.1) is 22.7 Å². The van der Waals surface area contributed by atoms with Gasteiger partial charge in [-0.1, -0.05) is 0 Å². The van der Waals surface area contributed by atoms with Crippen molar-refractivity contribution in [1.29, 1.82) is 10.5 Å². The highest BCUT2D eigenvalue weighted by Crippen LogP contribution is 2.32. The van der Waals surface area contributed by atoms with Crippen LogP contribution in [0.5, 0.6) is 5.75 Å². The second-order valence-electron chi connectivity index (χ2n) is 5.64. The van der Waals surface area contributed by atoms with E-state index in [1.807, 2.05) is 0 Å². The molecule has 0 aromatic heterocycles. The number of ether oxygens (including phenoxy) is 2. The number of carbonyl (C=O) groups is 3. The zero-order valence-corrected chi connectivity index (χ0v) is 17.2. The fraction of sp³-hybridized carbons (Fsp3) is 0.190. The van der Waals surface area contributed by atoms with Crippen LogP contribution < -0.4 is 20.7 Å². The molecule has 0 atom stereocenters. The second-order valence-corrected chi connectivity index (χ2v) is 5.64. The first-order valence-electron chi connectivity index (χ1n) is 8.93. The maximum absolute atomic E-state index is 12.3. The lowest BCUT2D eigenvalue weighted by Crippen LogP contribution is -2.19. The molecule has 10 nitrogen and oxygen atoms in total. The number of methoxy groups -OCH3 is 1. The lowest BCUT2D eigenvalue weighted by atomic mass is 10.1. The Morgan fingerprint density at radius 2 is 1.84 bits per heavy atom. The maximum Gasteiger partial charge on any atom is 0.340 e. The highest BCUT2D eigenvalue weighted by Gasteiger charge is 2.18. The van der Waals surface area contributed by atoms with Gasteiger partial charge in [-0.15, -0.1) is 0 Å². The SMILES string of the molecule is CCOc1cc(NC=C(C=CC#N)C(=O)NC=CC#N)c(C(=O)OC)cc1NC(C)=O. The Kier molecular flexibility index (Phi) is 10.1. The third kappa shape index (κ3) is 7.75. The van der Waals surface area contributed by atoms with E-state index in [9.17, 15) is 14.4 Å². The Labute approximate surface area is 179 Å². The van der Waals surface area contributed by atoms with E-state index < -0.39 is 11.9 Å². The van der Waals surface area contributed by atoms with E-state index in [1.54, 1.807) is 19.1 Å². The van der Waals surface area contributed by atoms with Crippen LogP contribution in [0.3, 0.4) is 0 Å². The molecule has 0 aliphatic rings. The first-order valence-corrected chi connectivity index (χ1v) is 8.93. The minimum Gasteiger partial charge on any atom is -0.492 e. The number of anilines is 2. The molecule has 0 saturated heterocycles. The number of allylic oxidation sites excluding steroid dienone is 2. The van der Waals surface area contributed by atoms with E-state index in [4.69, 9.17) is 20.0 Å². The van der Waals surface area contributed by atoms with E-state index in [-0.39, 0.29) is 34.2 Å². The smallest absolute Gasteiger partial charge is 0.340 e. The summed E-state index contributed by atoms with van der Waals surface area (Å²) in [6.07, 6.45) is 5.81. The molecule has 0 aliphatic carbocycles. The molecule has 0 saturated carbocycles. The molecule has 0 radical (unpaired) electrons. The Bertz CT molecular complexity index is 1010. The van der Waals surface area contributed by atoms with Crippen LogP contribution in [-0.2, 0) is 14.3 Å². The summed E-state index contributed by atoms with van der Waals surface area (Å²) in [5, 5.41) is 25.0. The third-order valence-electron chi connectivity index (χ3n) is 3.49. The zero-order valence-electron chi connectivity index (χ0n) is 17.2. The quantitative estimate of drug-likeness (QED) is 0.237. The van der Waals surface area contributed by atoms with Crippen LogP contribution in [0.4, 0.5) is 11.4 Å². The van der Waals surface area contributed by atoms with Gasteiger partial charge in [0.1, 0.15) is 5.75 Å². The number of benzene rings is 1. The molecule has 31 heavy (non-hydrogen) atoms. The number of carbonyl (C=O) groups excluding carboxylic acids is 3. The zero-order chi connectivity index (χ0) is 23.2. The summed E-state index contributed by atoms with van der Waals surface area (Å²) in [7, 11) is 1.20. The summed E-state index contributed by atoms with van der Waals surface area (Å²) in [4.78, 5) is 36.0. The molecule has 0 fully saturated rings. The Morgan fingerprint density at radius 3 is 2.42 bits per heavy atom. The molecular weight excluding hydrogens is 402 g/mol. The van der Waals surface area contributed by atoms with Gasteiger partial charge in [0.25, 0.3) is 5.91 Å². The van der Waals surface area contributed by atoms with Crippen molar-refractivity contribution in [1.82, 2.24) is 5.32 Å². The monoisotopic (exact) mass is 423 g/mol. The van der Waals surface area contributed by atoms with Crippen LogP contribution >= 0.6 is 0 Å². The molecule has 0 spiro atoms. The van der Waals surface area contributed by atoms with E-state index in [2.05, 4.69) is 16.0 Å². The first-order chi connectivity index (χ1) is 14.9. The van der Waals surface area contributed by atoms with Crippen LogP contribution in [-0.4, -0.2) is 31.5 Å². The summed E-state index contributed by atoms with van der Waals surface area (Å²) in [5.41, 5.74) is 0.601. The van der Waals surface area contributed by atoms with Crippen molar-refractivity contribution in [3.8, 4) is 17.9 Å². The molecule has 2 amide bonds. The summed E-state index contributed by atoms with van der Waals surface area (Å²) in [6.45, 7) is 3.36. The van der Waals surface area contributed by atoms with Gasteiger partial charge in [0.15, 0.2) is 0 Å². The van der Waals surface area contributed by atoms with Crippen LogP contribution in [0.25, 0.3) is 0 Å². The second kappa shape index (κ2) is 12.8. The summed E-state index contributed by atoms with van der Waals surface area (Å²) in [6, 6.07) is 6.36. The van der Waals surface area contributed by atoms with Gasteiger partial charge in [-0.25, -0.2) is 4.79 Å². The molecule has 1 aromatic carbocycles. The summed E-state index contributed by atoms with van der Waals surface area (Å²) >= 11 is 0. The van der Waals surface area contributed by atoms with Crippen LogP contribution in [0.1, 0.15) is 24.2 Å². The fourth-order valence-corrected chi connectivity index (χ4v) is 2.25. The predicted molar refractivity (Wildman–Crippen MR) is 113 cm³/mol. The standard InChI is InChI=1S/C21H21N5O5/c1-4-31-19-12-17(16(21(29)30-3)11-18(19)26-14(2)27)25-13-15(7-5-8-22)20(28)24-10-6-9-23/h5-7,10-13,25H,4H2,1-3H3,(H,24,28)(H,26,27).